The number of hydrogen-bond acceptors (Lipinski definition) is 3. The minimum Gasteiger partial charge on any atom is -0.330 e. The summed E-state index contributed by atoms with van der Waals surface area (Å²) in [5, 5.41) is 0.0165. The smallest absolute Gasteiger partial charge is 0.268 e. The van der Waals surface area contributed by atoms with Crippen molar-refractivity contribution in [2.45, 2.75) is 12.8 Å². The maximum atomic E-state index is 14.1. The molecular formula is C17H16FN3O. The van der Waals surface area contributed by atoms with Gasteiger partial charge >= 0.3 is 0 Å². The van der Waals surface area contributed by atoms with Gasteiger partial charge < -0.3 is 5.73 Å². The lowest BCUT2D eigenvalue weighted by Gasteiger charge is -2.13. The third-order valence-electron chi connectivity index (χ3n) is 3.54. The van der Waals surface area contributed by atoms with Crippen LogP contribution < -0.4 is 11.3 Å². The Bertz CT molecular complexity index is 859. The van der Waals surface area contributed by atoms with Gasteiger partial charge in [-0.05, 0) is 37.2 Å². The molecule has 0 bridgehead atoms. The summed E-state index contributed by atoms with van der Waals surface area (Å²) in [5.74, 6) is 0.0461. The third-order valence-corrected chi connectivity index (χ3v) is 3.54. The van der Waals surface area contributed by atoms with Gasteiger partial charge in [-0.15, -0.1) is 0 Å². The molecule has 0 amide bonds. The van der Waals surface area contributed by atoms with Crippen molar-refractivity contribution in [3.8, 4) is 5.69 Å². The highest BCUT2D eigenvalue weighted by Crippen LogP contribution is 2.16. The van der Waals surface area contributed by atoms with Crippen LogP contribution in [-0.4, -0.2) is 16.1 Å². The van der Waals surface area contributed by atoms with Crippen LogP contribution in [0.15, 0.2) is 53.3 Å². The summed E-state index contributed by atoms with van der Waals surface area (Å²) in [7, 11) is 0. The molecular weight excluding hydrogens is 281 g/mol. The van der Waals surface area contributed by atoms with Gasteiger partial charge in [-0.2, -0.15) is 0 Å². The van der Waals surface area contributed by atoms with Gasteiger partial charge in [0.2, 0.25) is 0 Å². The molecule has 0 aliphatic rings. The molecule has 0 aliphatic heterocycles. The van der Waals surface area contributed by atoms with Crippen molar-refractivity contribution in [3.05, 3.63) is 70.5 Å². The zero-order valence-corrected chi connectivity index (χ0v) is 12.0. The summed E-state index contributed by atoms with van der Waals surface area (Å²) in [6.07, 6.45) is 1.27. The second-order valence-electron chi connectivity index (χ2n) is 5.03. The minimum atomic E-state index is -0.551. The van der Waals surface area contributed by atoms with Crippen LogP contribution in [0.3, 0.4) is 0 Å². The largest absolute Gasteiger partial charge is 0.330 e. The first-order chi connectivity index (χ1) is 10.7. The number of aromatic nitrogens is 2. The van der Waals surface area contributed by atoms with E-state index < -0.39 is 5.82 Å². The highest BCUT2D eigenvalue weighted by Gasteiger charge is 2.14. The lowest BCUT2D eigenvalue weighted by molar-refractivity contribution is 0.635. The van der Waals surface area contributed by atoms with Gasteiger partial charge in [0.15, 0.2) is 0 Å². The summed E-state index contributed by atoms with van der Waals surface area (Å²) in [6.45, 7) is 0.506. The zero-order valence-electron chi connectivity index (χ0n) is 12.0. The van der Waals surface area contributed by atoms with Gasteiger partial charge in [-0.3, -0.25) is 9.36 Å². The van der Waals surface area contributed by atoms with Crippen molar-refractivity contribution >= 4 is 10.9 Å². The van der Waals surface area contributed by atoms with Gasteiger partial charge in [0.25, 0.3) is 5.56 Å². The minimum absolute atomic E-state index is 0.0165. The zero-order chi connectivity index (χ0) is 15.5. The Labute approximate surface area is 127 Å². The fourth-order valence-electron chi connectivity index (χ4n) is 2.51. The number of rotatable bonds is 4. The molecule has 0 saturated heterocycles. The normalized spacial score (nSPS) is 11.0. The Balaban J connectivity index is 2.34. The first-order valence-corrected chi connectivity index (χ1v) is 7.18. The fraction of sp³-hybridized carbons (Fsp3) is 0.176. The molecule has 1 aromatic heterocycles. The van der Waals surface area contributed by atoms with Crippen LogP contribution in [0.5, 0.6) is 0 Å². The maximum absolute atomic E-state index is 14.1. The van der Waals surface area contributed by atoms with Gasteiger partial charge in [0.05, 0.1) is 11.2 Å². The standard InChI is InChI=1S/C17H16FN3O/c18-13-8-4-9-14-16(13)17(22)21(12-6-2-1-3-7-12)15(20-14)10-5-11-19/h1-4,6-9H,5,10-11,19H2. The molecule has 3 aromatic rings. The highest BCUT2D eigenvalue weighted by molar-refractivity contribution is 5.78. The van der Waals surface area contributed by atoms with Crippen LogP contribution in [0.25, 0.3) is 16.6 Å². The summed E-state index contributed by atoms with van der Waals surface area (Å²) in [6, 6.07) is 13.6. The van der Waals surface area contributed by atoms with Gasteiger partial charge in [-0.25, -0.2) is 9.37 Å². The lowest BCUT2D eigenvalue weighted by Crippen LogP contribution is -2.25. The molecule has 4 nitrogen and oxygen atoms in total. The molecule has 1 heterocycles. The summed E-state index contributed by atoms with van der Waals surface area (Å²) >= 11 is 0. The van der Waals surface area contributed by atoms with Crippen LogP contribution >= 0.6 is 0 Å². The Morgan fingerprint density at radius 2 is 1.86 bits per heavy atom. The molecule has 0 aliphatic carbocycles. The van der Waals surface area contributed by atoms with Crippen LogP contribution in [0.4, 0.5) is 4.39 Å². The second kappa shape index (κ2) is 6.07. The number of hydrogen-bond donors (Lipinski definition) is 1. The monoisotopic (exact) mass is 297 g/mol. The molecule has 112 valence electrons. The van der Waals surface area contributed by atoms with Crippen LogP contribution in [0, 0.1) is 5.82 Å². The van der Waals surface area contributed by atoms with Crippen LogP contribution in [0.2, 0.25) is 0 Å². The fourth-order valence-corrected chi connectivity index (χ4v) is 2.51. The van der Waals surface area contributed by atoms with Gasteiger partial charge in [-0.1, -0.05) is 24.3 Å². The molecule has 0 atom stereocenters. The second-order valence-corrected chi connectivity index (χ2v) is 5.03. The van der Waals surface area contributed by atoms with Crippen molar-refractivity contribution in [2.75, 3.05) is 6.54 Å². The number of aryl methyl sites for hydroxylation is 1. The van der Waals surface area contributed by atoms with E-state index in [0.29, 0.717) is 36.4 Å². The number of nitrogens with two attached hydrogens (primary N) is 1. The molecule has 0 saturated carbocycles. The van der Waals surface area contributed by atoms with E-state index in [0.717, 1.165) is 0 Å². The van der Waals surface area contributed by atoms with Crippen molar-refractivity contribution in [3.63, 3.8) is 0 Å². The van der Waals surface area contributed by atoms with Crippen LogP contribution in [0.1, 0.15) is 12.2 Å². The first-order valence-electron chi connectivity index (χ1n) is 7.18. The molecule has 2 aromatic carbocycles. The van der Waals surface area contributed by atoms with E-state index >= 15 is 0 Å². The number of nitrogens with zero attached hydrogens (tertiary/aromatic N) is 2. The maximum Gasteiger partial charge on any atom is 0.268 e. The van der Waals surface area contributed by atoms with Gasteiger partial charge in [0.1, 0.15) is 17.0 Å². The van der Waals surface area contributed by atoms with E-state index in [1.54, 1.807) is 12.1 Å². The van der Waals surface area contributed by atoms with E-state index in [2.05, 4.69) is 4.98 Å². The van der Waals surface area contributed by atoms with E-state index in [1.807, 2.05) is 30.3 Å². The Hall–Kier alpha value is -2.53. The Morgan fingerprint density at radius 1 is 1.09 bits per heavy atom. The van der Waals surface area contributed by atoms with E-state index in [9.17, 15) is 9.18 Å². The molecule has 0 fully saturated rings. The number of benzene rings is 2. The molecule has 2 N–H and O–H groups in total. The van der Waals surface area contributed by atoms with E-state index in [1.165, 1.54) is 10.6 Å². The quantitative estimate of drug-likeness (QED) is 0.804. The predicted octanol–water partition coefficient (Wildman–Crippen LogP) is 2.42. The van der Waals surface area contributed by atoms with Crippen molar-refractivity contribution < 1.29 is 4.39 Å². The van der Waals surface area contributed by atoms with E-state index in [-0.39, 0.29) is 10.9 Å². The van der Waals surface area contributed by atoms with Crippen LogP contribution in [-0.2, 0) is 6.42 Å². The third kappa shape index (κ3) is 2.51. The van der Waals surface area contributed by atoms with Crippen molar-refractivity contribution in [2.24, 2.45) is 5.73 Å². The van der Waals surface area contributed by atoms with Gasteiger partial charge in [0, 0.05) is 6.42 Å². The average Bonchev–Trinajstić information content (AvgIpc) is 2.53. The number of para-hydroxylation sites is 1. The Morgan fingerprint density at radius 3 is 2.59 bits per heavy atom. The Kier molecular flexibility index (Phi) is 3.98. The molecule has 0 unspecified atom stereocenters. The van der Waals surface area contributed by atoms with E-state index in [4.69, 9.17) is 5.73 Å². The first kappa shape index (κ1) is 14.4. The summed E-state index contributed by atoms with van der Waals surface area (Å²) in [5.41, 5.74) is 6.23. The van der Waals surface area contributed by atoms with Crippen molar-refractivity contribution in [1.82, 2.24) is 9.55 Å². The molecule has 0 radical (unpaired) electrons. The molecule has 22 heavy (non-hydrogen) atoms. The SMILES string of the molecule is NCCCc1nc2cccc(F)c2c(=O)n1-c1ccccc1. The number of fused-ring (bicyclic) bond motifs is 1. The predicted molar refractivity (Wildman–Crippen MR) is 84.7 cm³/mol. The topological polar surface area (TPSA) is 60.9 Å². The molecule has 0 spiro atoms. The molecule has 5 heteroatoms. The highest BCUT2D eigenvalue weighted by atomic mass is 19.1. The van der Waals surface area contributed by atoms with Crippen molar-refractivity contribution in [1.29, 1.82) is 0 Å². The lowest BCUT2D eigenvalue weighted by atomic mass is 10.2. The summed E-state index contributed by atoms with van der Waals surface area (Å²) < 4.78 is 15.5. The summed E-state index contributed by atoms with van der Waals surface area (Å²) in [4.78, 5) is 17.3. The molecule has 3 rings (SSSR count). The number of halogens is 1. The average molecular weight is 297 g/mol.